The van der Waals surface area contributed by atoms with Crippen molar-refractivity contribution in [1.82, 2.24) is 5.32 Å². The van der Waals surface area contributed by atoms with Gasteiger partial charge in [-0.1, -0.05) is 17.7 Å². The first kappa shape index (κ1) is 12.5. The second kappa shape index (κ2) is 6.10. The Kier molecular flexibility index (Phi) is 4.77. The number of halogens is 1. The van der Waals surface area contributed by atoms with Gasteiger partial charge >= 0.3 is 0 Å². The van der Waals surface area contributed by atoms with Crippen molar-refractivity contribution in [2.45, 2.75) is 18.9 Å². The predicted molar refractivity (Wildman–Crippen MR) is 75.9 cm³/mol. The SMILES string of the molecule is C=CCSCCNC1CCc2sc(Cl)cc21. The largest absolute Gasteiger partial charge is 0.309 e. The summed E-state index contributed by atoms with van der Waals surface area (Å²) in [7, 11) is 0. The van der Waals surface area contributed by atoms with Crippen LogP contribution in [0.2, 0.25) is 4.34 Å². The second-order valence-corrected chi connectivity index (χ2v) is 6.76. The molecular weight excluding hydrogens is 258 g/mol. The molecule has 1 atom stereocenters. The van der Waals surface area contributed by atoms with Gasteiger partial charge in [-0.15, -0.1) is 17.9 Å². The van der Waals surface area contributed by atoms with Gasteiger partial charge in [0.25, 0.3) is 0 Å². The molecule has 1 N–H and O–H groups in total. The Balaban J connectivity index is 1.77. The fourth-order valence-corrected chi connectivity index (χ4v) is 3.97. The number of nitrogens with one attached hydrogen (secondary N) is 1. The van der Waals surface area contributed by atoms with Gasteiger partial charge in [-0.2, -0.15) is 11.8 Å². The lowest BCUT2D eigenvalue weighted by Crippen LogP contribution is -2.21. The molecule has 1 unspecified atom stereocenters. The zero-order valence-corrected chi connectivity index (χ0v) is 11.6. The lowest BCUT2D eigenvalue weighted by atomic mass is 10.2. The molecule has 1 aromatic heterocycles. The van der Waals surface area contributed by atoms with Crippen LogP contribution in [0, 0.1) is 0 Å². The number of hydrogen-bond acceptors (Lipinski definition) is 3. The Morgan fingerprint density at radius 3 is 3.38 bits per heavy atom. The van der Waals surface area contributed by atoms with Gasteiger partial charge in [0.2, 0.25) is 0 Å². The summed E-state index contributed by atoms with van der Waals surface area (Å²) in [4.78, 5) is 1.47. The highest BCUT2D eigenvalue weighted by Crippen LogP contribution is 2.39. The minimum absolute atomic E-state index is 0.531. The number of hydrogen-bond donors (Lipinski definition) is 1. The average molecular weight is 274 g/mol. The van der Waals surface area contributed by atoms with Crippen molar-refractivity contribution in [3.63, 3.8) is 0 Å². The van der Waals surface area contributed by atoms with Crippen LogP contribution in [0.3, 0.4) is 0 Å². The molecule has 0 radical (unpaired) electrons. The second-order valence-electron chi connectivity index (χ2n) is 3.84. The molecule has 4 heteroatoms. The molecule has 1 aliphatic carbocycles. The third-order valence-corrected chi connectivity index (χ3v) is 5.02. The number of thioether (sulfide) groups is 1. The molecule has 0 saturated carbocycles. The molecule has 1 heterocycles. The molecule has 0 aromatic carbocycles. The van der Waals surface area contributed by atoms with E-state index in [2.05, 4.69) is 18.0 Å². The molecule has 0 spiro atoms. The van der Waals surface area contributed by atoms with E-state index in [0.717, 1.165) is 22.4 Å². The maximum Gasteiger partial charge on any atom is 0.0934 e. The quantitative estimate of drug-likeness (QED) is 0.623. The highest BCUT2D eigenvalue weighted by molar-refractivity contribution is 7.99. The van der Waals surface area contributed by atoms with Gasteiger partial charge in [-0.25, -0.2) is 0 Å². The number of fused-ring (bicyclic) bond motifs is 1. The average Bonchev–Trinajstić information content (AvgIpc) is 2.78. The van der Waals surface area contributed by atoms with E-state index in [4.69, 9.17) is 11.6 Å². The molecule has 2 rings (SSSR count). The van der Waals surface area contributed by atoms with Crippen LogP contribution in [0.1, 0.15) is 22.9 Å². The van der Waals surface area contributed by atoms with Crippen molar-refractivity contribution in [2.24, 2.45) is 0 Å². The van der Waals surface area contributed by atoms with Crippen molar-refractivity contribution in [1.29, 1.82) is 0 Å². The Bertz CT molecular complexity index is 362. The lowest BCUT2D eigenvalue weighted by Gasteiger charge is -2.12. The van der Waals surface area contributed by atoms with E-state index in [1.807, 2.05) is 17.8 Å². The first-order chi connectivity index (χ1) is 7.81. The normalized spacial score (nSPS) is 18.7. The topological polar surface area (TPSA) is 12.0 Å². The molecule has 0 bridgehead atoms. The minimum Gasteiger partial charge on any atom is -0.309 e. The maximum atomic E-state index is 6.02. The van der Waals surface area contributed by atoms with Gasteiger partial charge in [-0.05, 0) is 24.5 Å². The van der Waals surface area contributed by atoms with Gasteiger partial charge in [-0.3, -0.25) is 0 Å². The summed E-state index contributed by atoms with van der Waals surface area (Å²) in [6.45, 7) is 4.78. The molecule has 0 fully saturated rings. The molecule has 1 nitrogen and oxygen atoms in total. The number of aryl methyl sites for hydroxylation is 1. The summed E-state index contributed by atoms with van der Waals surface area (Å²) in [5.41, 5.74) is 1.43. The highest BCUT2D eigenvalue weighted by Gasteiger charge is 2.24. The summed E-state index contributed by atoms with van der Waals surface area (Å²) in [5.74, 6) is 2.19. The summed E-state index contributed by atoms with van der Waals surface area (Å²) in [5, 5.41) is 3.60. The fourth-order valence-electron chi connectivity index (χ4n) is 2.01. The molecule has 0 aliphatic heterocycles. The Hall–Kier alpha value is 0.0400. The van der Waals surface area contributed by atoms with Crippen LogP contribution < -0.4 is 5.32 Å². The third-order valence-electron chi connectivity index (χ3n) is 2.72. The predicted octanol–water partition coefficient (Wildman–Crippen LogP) is 3.90. The monoisotopic (exact) mass is 273 g/mol. The van der Waals surface area contributed by atoms with Crippen LogP contribution in [0.15, 0.2) is 18.7 Å². The van der Waals surface area contributed by atoms with Gasteiger partial charge < -0.3 is 5.32 Å². The molecule has 16 heavy (non-hydrogen) atoms. The first-order valence-corrected chi connectivity index (χ1v) is 7.86. The summed E-state index contributed by atoms with van der Waals surface area (Å²) < 4.78 is 0.928. The Labute approximate surface area is 110 Å². The molecule has 1 aliphatic rings. The molecule has 0 amide bonds. The van der Waals surface area contributed by atoms with E-state index in [1.54, 1.807) is 11.3 Å². The van der Waals surface area contributed by atoms with E-state index in [9.17, 15) is 0 Å². The van der Waals surface area contributed by atoms with Crippen molar-refractivity contribution in [3.8, 4) is 0 Å². The van der Waals surface area contributed by atoms with E-state index >= 15 is 0 Å². The summed E-state index contributed by atoms with van der Waals surface area (Å²) >= 11 is 9.68. The van der Waals surface area contributed by atoms with Gasteiger partial charge in [0.05, 0.1) is 4.34 Å². The van der Waals surface area contributed by atoms with Crippen LogP contribution >= 0.6 is 34.7 Å². The molecular formula is C12H16ClNS2. The molecule has 1 aromatic rings. The van der Waals surface area contributed by atoms with Crippen molar-refractivity contribution < 1.29 is 0 Å². The van der Waals surface area contributed by atoms with Crippen LogP contribution in [0.4, 0.5) is 0 Å². The summed E-state index contributed by atoms with van der Waals surface area (Å²) in [6.07, 6.45) is 4.37. The van der Waals surface area contributed by atoms with Crippen LogP contribution in [0.5, 0.6) is 0 Å². The number of rotatable bonds is 6. The zero-order valence-electron chi connectivity index (χ0n) is 9.17. The van der Waals surface area contributed by atoms with E-state index in [0.29, 0.717) is 6.04 Å². The van der Waals surface area contributed by atoms with Crippen molar-refractivity contribution in [2.75, 3.05) is 18.1 Å². The van der Waals surface area contributed by atoms with Gasteiger partial charge in [0.15, 0.2) is 0 Å². The van der Waals surface area contributed by atoms with Crippen molar-refractivity contribution in [3.05, 3.63) is 33.5 Å². The molecule has 88 valence electrons. The smallest absolute Gasteiger partial charge is 0.0934 e. The van der Waals surface area contributed by atoms with Crippen LogP contribution in [0.25, 0.3) is 0 Å². The Morgan fingerprint density at radius 1 is 1.69 bits per heavy atom. The van der Waals surface area contributed by atoms with E-state index in [-0.39, 0.29) is 0 Å². The zero-order chi connectivity index (χ0) is 11.4. The van der Waals surface area contributed by atoms with Gasteiger partial charge in [0.1, 0.15) is 0 Å². The number of thiophene rings is 1. The fraction of sp³-hybridized carbons (Fsp3) is 0.500. The summed E-state index contributed by atoms with van der Waals surface area (Å²) in [6, 6.07) is 2.66. The first-order valence-electron chi connectivity index (χ1n) is 5.51. The van der Waals surface area contributed by atoms with Gasteiger partial charge in [0, 0.05) is 29.0 Å². The highest BCUT2D eigenvalue weighted by atomic mass is 35.5. The van der Waals surface area contributed by atoms with E-state index in [1.165, 1.54) is 23.3 Å². The third kappa shape index (κ3) is 3.04. The minimum atomic E-state index is 0.531. The van der Waals surface area contributed by atoms with Crippen LogP contribution in [-0.2, 0) is 6.42 Å². The van der Waals surface area contributed by atoms with Crippen LogP contribution in [-0.4, -0.2) is 18.1 Å². The Morgan fingerprint density at radius 2 is 2.56 bits per heavy atom. The van der Waals surface area contributed by atoms with E-state index < -0.39 is 0 Å². The standard InChI is InChI=1S/C12H16ClNS2/c1-2-6-15-7-5-14-10-3-4-11-9(10)8-12(13)16-11/h2,8,10,14H,1,3-7H2. The van der Waals surface area contributed by atoms with Crippen molar-refractivity contribution >= 4 is 34.7 Å². The molecule has 0 saturated heterocycles. The maximum absolute atomic E-state index is 6.02. The lowest BCUT2D eigenvalue weighted by molar-refractivity contribution is 0.552.